The largest absolute Gasteiger partial charge is 0.573 e. The molecule has 0 aromatic heterocycles. The molecule has 0 bridgehead atoms. The van der Waals surface area contributed by atoms with Crippen molar-refractivity contribution >= 4 is 23.5 Å². The summed E-state index contributed by atoms with van der Waals surface area (Å²) in [7, 11) is 0. The van der Waals surface area contributed by atoms with Gasteiger partial charge in [-0.3, -0.25) is 14.4 Å². The Hall–Kier alpha value is -4.82. The van der Waals surface area contributed by atoms with Crippen molar-refractivity contribution < 1.29 is 59.3 Å². The summed E-state index contributed by atoms with van der Waals surface area (Å²) in [6.07, 6.45) is -9.19. The maximum Gasteiger partial charge on any atom is 0.573 e. The lowest BCUT2D eigenvalue weighted by Crippen LogP contribution is -2.28. The molecule has 47 heavy (non-hydrogen) atoms. The second kappa shape index (κ2) is 16.1. The van der Waals surface area contributed by atoms with Crippen molar-refractivity contribution in [2.24, 2.45) is 0 Å². The average Bonchev–Trinajstić information content (AvgIpc) is 2.98. The molecule has 2 unspecified atom stereocenters. The van der Waals surface area contributed by atoms with E-state index in [1.807, 2.05) is 6.92 Å². The number of ether oxygens (including phenoxy) is 3. The maximum absolute atomic E-state index is 14.8. The highest BCUT2D eigenvalue weighted by Gasteiger charge is 2.34. The molecule has 0 saturated heterocycles. The zero-order chi connectivity index (χ0) is 34.8. The Morgan fingerprint density at radius 2 is 1.36 bits per heavy atom. The van der Waals surface area contributed by atoms with Gasteiger partial charge in [-0.1, -0.05) is 37.6 Å². The standard InChI is InChI=1S/C32H31F7N2O6/c1-3-5-24(19-6-8-21(9-7-19)29(43)40-17-16-27(42)45-4-2)28(20-10-12-22(13-11-20)46-31(34,35)36)30(44)41-26-15-14-23(18-25(26)33)47-32(37,38)39/h6-15,18,24,28H,3-5,16-17H2,1-2H3,(H,40,43)(H,41,44). The Balaban J connectivity index is 1.93. The summed E-state index contributed by atoms with van der Waals surface area (Å²) in [5.41, 5.74) is 0.566. The van der Waals surface area contributed by atoms with Crippen molar-refractivity contribution in [3.05, 3.63) is 89.2 Å². The van der Waals surface area contributed by atoms with Crippen LogP contribution in [0.15, 0.2) is 66.7 Å². The topological polar surface area (TPSA) is 103 Å². The second-order valence-corrected chi connectivity index (χ2v) is 10.1. The number of esters is 1. The van der Waals surface area contributed by atoms with E-state index < -0.39 is 65.3 Å². The van der Waals surface area contributed by atoms with E-state index in [4.69, 9.17) is 4.74 Å². The van der Waals surface area contributed by atoms with Crippen LogP contribution >= 0.6 is 0 Å². The van der Waals surface area contributed by atoms with Crippen LogP contribution in [0, 0.1) is 5.82 Å². The molecular formula is C32H31F7N2O6. The first-order chi connectivity index (χ1) is 22.1. The van der Waals surface area contributed by atoms with Crippen LogP contribution in [0.5, 0.6) is 11.5 Å². The predicted octanol–water partition coefficient (Wildman–Crippen LogP) is 7.61. The SMILES string of the molecule is CCCC(c1ccc(C(=O)NCCC(=O)OCC)cc1)C(C(=O)Nc1ccc(OC(F)(F)F)cc1F)c1ccc(OC(F)(F)F)cc1. The molecule has 254 valence electrons. The van der Waals surface area contributed by atoms with Crippen molar-refractivity contribution in [2.45, 2.75) is 57.7 Å². The molecule has 0 radical (unpaired) electrons. The Kier molecular flexibility index (Phi) is 12.6. The lowest BCUT2D eigenvalue weighted by molar-refractivity contribution is -0.275. The number of halogens is 7. The molecule has 3 aromatic rings. The van der Waals surface area contributed by atoms with E-state index in [9.17, 15) is 45.1 Å². The molecule has 2 N–H and O–H groups in total. The van der Waals surface area contributed by atoms with E-state index in [1.54, 1.807) is 19.1 Å². The smallest absolute Gasteiger partial charge is 0.466 e. The number of hydrogen-bond donors (Lipinski definition) is 2. The number of amides is 2. The van der Waals surface area contributed by atoms with Gasteiger partial charge < -0.3 is 24.8 Å². The molecule has 3 aromatic carbocycles. The first kappa shape index (κ1) is 36.6. The normalized spacial score (nSPS) is 12.9. The molecule has 2 atom stereocenters. The van der Waals surface area contributed by atoms with Crippen LogP contribution in [0.2, 0.25) is 0 Å². The number of anilines is 1. The van der Waals surface area contributed by atoms with E-state index in [1.165, 1.54) is 24.3 Å². The van der Waals surface area contributed by atoms with E-state index in [-0.39, 0.29) is 30.7 Å². The van der Waals surface area contributed by atoms with Gasteiger partial charge in [-0.15, -0.1) is 26.3 Å². The Labute approximate surface area is 265 Å². The van der Waals surface area contributed by atoms with Gasteiger partial charge in [0.1, 0.15) is 17.3 Å². The van der Waals surface area contributed by atoms with Gasteiger partial charge in [-0.2, -0.15) is 0 Å². The van der Waals surface area contributed by atoms with Gasteiger partial charge >= 0.3 is 18.7 Å². The third-order valence-electron chi connectivity index (χ3n) is 6.71. The van der Waals surface area contributed by atoms with E-state index in [0.29, 0.717) is 24.5 Å². The zero-order valence-electron chi connectivity index (χ0n) is 25.1. The van der Waals surface area contributed by atoms with Gasteiger partial charge in [0.05, 0.1) is 24.6 Å². The minimum Gasteiger partial charge on any atom is -0.466 e. The molecule has 0 spiro atoms. The van der Waals surface area contributed by atoms with Crippen LogP contribution < -0.4 is 20.1 Å². The lowest BCUT2D eigenvalue weighted by Gasteiger charge is -2.28. The Bertz CT molecular complexity index is 1510. The molecular weight excluding hydrogens is 641 g/mol. The first-order valence-corrected chi connectivity index (χ1v) is 14.4. The van der Waals surface area contributed by atoms with Gasteiger partial charge in [-0.05, 0) is 66.8 Å². The third kappa shape index (κ3) is 11.5. The monoisotopic (exact) mass is 672 g/mol. The summed E-state index contributed by atoms with van der Waals surface area (Å²) in [6.45, 7) is 3.72. The van der Waals surface area contributed by atoms with Crippen LogP contribution in [0.1, 0.15) is 66.4 Å². The molecule has 0 aliphatic heterocycles. The highest BCUT2D eigenvalue weighted by atomic mass is 19.4. The molecule has 15 heteroatoms. The van der Waals surface area contributed by atoms with Gasteiger partial charge in [0.15, 0.2) is 0 Å². The summed E-state index contributed by atoms with van der Waals surface area (Å²) in [5.74, 6) is -6.18. The summed E-state index contributed by atoms with van der Waals surface area (Å²) >= 11 is 0. The first-order valence-electron chi connectivity index (χ1n) is 14.4. The highest BCUT2D eigenvalue weighted by Crippen LogP contribution is 2.39. The van der Waals surface area contributed by atoms with E-state index in [2.05, 4.69) is 20.1 Å². The van der Waals surface area contributed by atoms with Crippen LogP contribution in [-0.4, -0.2) is 43.7 Å². The van der Waals surface area contributed by atoms with Crippen molar-refractivity contribution in [3.63, 3.8) is 0 Å². The fourth-order valence-electron chi connectivity index (χ4n) is 4.78. The minimum absolute atomic E-state index is 0.0293. The number of rotatable bonds is 14. The Morgan fingerprint density at radius 3 is 1.91 bits per heavy atom. The number of benzene rings is 3. The number of hydrogen-bond acceptors (Lipinski definition) is 6. The summed E-state index contributed by atoms with van der Waals surface area (Å²) in [6, 6.07) is 12.8. The molecule has 2 amide bonds. The molecule has 0 aliphatic carbocycles. The molecule has 8 nitrogen and oxygen atoms in total. The average molecular weight is 673 g/mol. The summed E-state index contributed by atoms with van der Waals surface area (Å²) in [4.78, 5) is 37.9. The van der Waals surface area contributed by atoms with E-state index in [0.717, 1.165) is 24.3 Å². The quantitative estimate of drug-likeness (QED) is 0.135. The Morgan fingerprint density at radius 1 is 0.787 bits per heavy atom. The third-order valence-corrected chi connectivity index (χ3v) is 6.71. The fraction of sp³-hybridized carbons (Fsp3) is 0.344. The molecule has 0 fully saturated rings. The van der Waals surface area contributed by atoms with Crippen LogP contribution in [0.25, 0.3) is 0 Å². The predicted molar refractivity (Wildman–Crippen MR) is 155 cm³/mol. The molecule has 0 aliphatic rings. The number of alkyl halides is 6. The lowest BCUT2D eigenvalue weighted by atomic mass is 9.78. The zero-order valence-corrected chi connectivity index (χ0v) is 25.1. The molecule has 0 saturated carbocycles. The van der Waals surface area contributed by atoms with Gasteiger partial charge in [0, 0.05) is 18.2 Å². The van der Waals surface area contributed by atoms with Crippen molar-refractivity contribution in [1.82, 2.24) is 5.32 Å². The maximum atomic E-state index is 14.8. The number of nitrogens with one attached hydrogen (secondary N) is 2. The molecule has 3 rings (SSSR count). The van der Waals surface area contributed by atoms with Crippen molar-refractivity contribution in [1.29, 1.82) is 0 Å². The highest BCUT2D eigenvalue weighted by molar-refractivity contribution is 5.97. The van der Waals surface area contributed by atoms with Gasteiger partial charge in [-0.25, -0.2) is 4.39 Å². The van der Waals surface area contributed by atoms with Crippen molar-refractivity contribution in [2.75, 3.05) is 18.5 Å². The van der Waals surface area contributed by atoms with Crippen LogP contribution in [-0.2, 0) is 14.3 Å². The van der Waals surface area contributed by atoms with Crippen molar-refractivity contribution in [3.8, 4) is 11.5 Å². The minimum atomic E-state index is -5.07. The fourth-order valence-corrected chi connectivity index (χ4v) is 4.78. The summed E-state index contributed by atoms with van der Waals surface area (Å²) < 4.78 is 103. The second-order valence-electron chi connectivity index (χ2n) is 10.1. The van der Waals surface area contributed by atoms with Gasteiger partial charge in [0.2, 0.25) is 5.91 Å². The number of carbonyl (C=O) groups is 3. The van der Waals surface area contributed by atoms with Crippen LogP contribution in [0.3, 0.4) is 0 Å². The molecule has 0 heterocycles. The summed E-state index contributed by atoms with van der Waals surface area (Å²) in [5, 5.41) is 4.96. The van der Waals surface area contributed by atoms with Gasteiger partial charge in [0.25, 0.3) is 5.91 Å². The number of carbonyl (C=O) groups excluding carboxylic acids is 3. The van der Waals surface area contributed by atoms with Crippen LogP contribution in [0.4, 0.5) is 36.4 Å². The van der Waals surface area contributed by atoms with E-state index >= 15 is 0 Å².